The lowest BCUT2D eigenvalue weighted by molar-refractivity contribution is 0.223. The molecule has 1 aromatic carbocycles. The molecule has 4 nitrogen and oxygen atoms in total. The molecule has 0 aliphatic carbocycles. The Morgan fingerprint density at radius 2 is 2.21 bits per heavy atom. The van der Waals surface area contributed by atoms with Crippen molar-refractivity contribution < 1.29 is 9.84 Å². The Labute approximate surface area is 115 Å². The zero-order valence-corrected chi connectivity index (χ0v) is 11.6. The summed E-state index contributed by atoms with van der Waals surface area (Å²) in [6.45, 7) is 5.16. The summed E-state index contributed by atoms with van der Waals surface area (Å²) in [4.78, 5) is 0. The molecule has 0 radical (unpaired) electrons. The number of rotatable bonds is 8. The van der Waals surface area contributed by atoms with Gasteiger partial charge in [-0.05, 0) is 30.0 Å². The second-order valence-corrected chi connectivity index (χ2v) is 4.98. The molecule has 0 heterocycles. The standard InChI is InChI=1S/C15H22N2O2/c1-12(2)8-14(11-18)17-10-13-4-3-5-15(9-13)19-7-6-16/h3-5,9,12,14,17-18H,7-8,10-11H2,1-2H3. The van der Waals surface area contributed by atoms with Crippen molar-refractivity contribution in [1.29, 1.82) is 5.26 Å². The van der Waals surface area contributed by atoms with E-state index in [9.17, 15) is 5.11 Å². The van der Waals surface area contributed by atoms with Crippen LogP contribution in [0, 0.1) is 17.2 Å². The van der Waals surface area contributed by atoms with E-state index in [2.05, 4.69) is 19.2 Å². The van der Waals surface area contributed by atoms with Gasteiger partial charge in [0.2, 0.25) is 0 Å². The van der Waals surface area contributed by atoms with E-state index in [4.69, 9.17) is 10.00 Å². The van der Waals surface area contributed by atoms with E-state index in [1.54, 1.807) is 0 Å². The Morgan fingerprint density at radius 3 is 2.84 bits per heavy atom. The van der Waals surface area contributed by atoms with Gasteiger partial charge in [0.1, 0.15) is 11.8 Å². The quantitative estimate of drug-likeness (QED) is 0.753. The molecular weight excluding hydrogens is 240 g/mol. The summed E-state index contributed by atoms with van der Waals surface area (Å²) in [7, 11) is 0. The molecule has 0 amide bonds. The van der Waals surface area contributed by atoms with Gasteiger partial charge in [0, 0.05) is 12.6 Å². The summed E-state index contributed by atoms with van der Waals surface area (Å²) in [5.74, 6) is 1.25. The molecule has 104 valence electrons. The molecule has 0 spiro atoms. The van der Waals surface area contributed by atoms with Crippen LogP contribution in [0.25, 0.3) is 0 Å². The molecule has 0 saturated carbocycles. The molecule has 0 bridgehead atoms. The number of aliphatic hydroxyl groups is 1. The lowest BCUT2D eigenvalue weighted by Crippen LogP contribution is -2.33. The van der Waals surface area contributed by atoms with E-state index in [1.807, 2.05) is 30.3 Å². The first-order valence-corrected chi connectivity index (χ1v) is 6.58. The molecule has 0 saturated heterocycles. The number of hydrogen-bond acceptors (Lipinski definition) is 4. The molecule has 1 atom stereocenters. The van der Waals surface area contributed by atoms with Crippen LogP contribution in [0.2, 0.25) is 0 Å². The minimum absolute atomic E-state index is 0.0590. The molecule has 1 aromatic rings. The molecule has 0 fully saturated rings. The van der Waals surface area contributed by atoms with Crippen molar-refractivity contribution in [3.8, 4) is 11.8 Å². The SMILES string of the molecule is CC(C)CC(CO)NCc1cccc(OCC#N)c1. The molecule has 1 unspecified atom stereocenters. The average molecular weight is 262 g/mol. The first-order chi connectivity index (χ1) is 9.15. The van der Waals surface area contributed by atoms with Crippen LogP contribution in [-0.4, -0.2) is 24.4 Å². The van der Waals surface area contributed by atoms with Crippen LogP contribution < -0.4 is 10.1 Å². The number of hydrogen-bond donors (Lipinski definition) is 2. The Kier molecular flexibility index (Phi) is 6.94. The maximum Gasteiger partial charge on any atom is 0.174 e. The number of nitrogens with zero attached hydrogens (tertiary/aromatic N) is 1. The Hall–Kier alpha value is -1.57. The predicted molar refractivity (Wildman–Crippen MR) is 74.7 cm³/mol. The lowest BCUT2D eigenvalue weighted by atomic mass is 10.0. The molecule has 1 rings (SSSR count). The second kappa shape index (κ2) is 8.52. The van der Waals surface area contributed by atoms with E-state index >= 15 is 0 Å². The summed E-state index contributed by atoms with van der Waals surface area (Å²) in [5, 5.41) is 21.1. The van der Waals surface area contributed by atoms with Crippen molar-refractivity contribution in [2.45, 2.75) is 32.9 Å². The normalized spacial score (nSPS) is 12.2. The van der Waals surface area contributed by atoms with Crippen LogP contribution in [0.3, 0.4) is 0 Å². The van der Waals surface area contributed by atoms with E-state index in [0.717, 1.165) is 12.0 Å². The maximum atomic E-state index is 9.30. The maximum absolute atomic E-state index is 9.30. The van der Waals surface area contributed by atoms with Crippen molar-refractivity contribution in [1.82, 2.24) is 5.32 Å². The second-order valence-electron chi connectivity index (χ2n) is 4.98. The van der Waals surface area contributed by atoms with Crippen molar-refractivity contribution in [2.75, 3.05) is 13.2 Å². The third kappa shape index (κ3) is 6.23. The van der Waals surface area contributed by atoms with E-state index in [0.29, 0.717) is 18.2 Å². The monoisotopic (exact) mass is 262 g/mol. The highest BCUT2D eigenvalue weighted by Gasteiger charge is 2.09. The van der Waals surface area contributed by atoms with Crippen LogP contribution in [0.15, 0.2) is 24.3 Å². The largest absolute Gasteiger partial charge is 0.479 e. The minimum atomic E-state index is 0.0590. The number of nitriles is 1. The molecule has 19 heavy (non-hydrogen) atoms. The first-order valence-electron chi connectivity index (χ1n) is 6.58. The van der Waals surface area contributed by atoms with Crippen LogP contribution in [0.4, 0.5) is 0 Å². The Bertz CT molecular complexity index is 413. The smallest absolute Gasteiger partial charge is 0.174 e. The van der Waals surface area contributed by atoms with Gasteiger partial charge in [0.05, 0.1) is 6.61 Å². The van der Waals surface area contributed by atoms with Gasteiger partial charge in [-0.1, -0.05) is 26.0 Å². The minimum Gasteiger partial charge on any atom is -0.479 e. The fourth-order valence-electron chi connectivity index (χ4n) is 1.91. The Balaban J connectivity index is 2.50. The topological polar surface area (TPSA) is 65.3 Å². The molecule has 0 aliphatic rings. The van der Waals surface area contributed by atoms with Crippen LogP contribution in [-0.2, 0) is 6.54 Å². The van der Waals surface area contributed by atoms with Gasteiger partial charge in [0.25, 0.3) is 0 Å². The van der Waals surface area contributed by atoms with Gasteiger partial charge >= 0.3 is 0 Å². The number of aliphatic hydroxyl groups excluding tert-OH is 1. The zero-order chi connectivity index (χ0) is 14.1. The predicted octanol–water partition coefficient (Wildman–Crippen LogP) is 2.09. The first kappa shape index (κ1) is 15.5. The number of benzene rings is 1. The Morgan fingerprint density at radius 1 is 1.42 bits per heavy atom. The molecule has 0 aliphatic heterocycles. The molecular formula is C15H22N2O2. The number of ether oxygens (including phenoxy) is 1. The van der Waals surface area contributed by atoms with E-state index in [-0.39, 0.29) is 19.3 Å². The van der Waals surface area contributed by atoms with Crippen molar-refractivity contribution in [3.63, 3.8) is 0 Å². The lowest BCUT2D eigenvalue weighted by Gasteiger charge is -2.18. The van der Waals surface area contributed by atoms with Crippen molar-refractivity contribution in [2.24, 2.45) is 5.92 Å². The van der Waals surface area contributed by atoms with Crippen molar-refractivity contribution >= 4 is 0 Å². The fourth-order valence-corrected chi connectivity index (χ4v) is 1.91. The van der Waals surface area contributed by atoms with Gasteiger partial charge in [-0.3, -0.25) is 0 Å². The van der Waals surface area contributed by atoms with E-state index in [1.165, 1.54) is 0 Å². The zero-order valence-electron chi connectivity index (χ0n) is 11.6. The van der Waals surface area contributed by atoms with Gasteiger partial charge in [-0.25, -0.2) is 0 Å². The highest BCUT2D eigenvalue weighted by Crippen LogP contribution is 2.13. The summed E-state index contributed by atoms with van der Waals surface area (Å²) in [6, 6.07) is 9.70. The van der Waals surface area contributed by atoms with Crippen molar-refractivity contribution in [3.05, 3.63) is 29.8 Å². The van der Waals surface area contributed by atoms with Gasteiger partial charge in [0.15, 0.2) is 6.61 Å². The third-order valence-corrected chi connectivity index (χ3v) is 2.77. The van der Waals surface area contributed by atoms with Crippen LogP contribution in [0.5, 0.6) is 5.75 Å². The van der Waals surface area contributed by atoms with Gasteiger partial charge in [-0.2, -0.15) is 5.26 Å². The summed E-state index contributed by atoms with van der Waals surface area (Å²) >= 11 is 0. The van der Waals surface area contributed by atoms with E-state index < -0.39 is 0 Å². The summed E-state index contributed by atoms with van der Waals surface area (Å²) in [5.41, 5.74) is 1.08. The highest BCUT2D eigenvalue weighted by atomic mass is 16.5. The number of nitrogens with one attached hydrogen (secondary N) is 1. The highest BCUT2D eigenvalue weighted by molar-refractivity contribution is 5.28. The van der Waals surface area contributed by atoms with Gasteiger partial charge < -0.3 is 15.2 Å². The summed E-state index contributed by atoms with van der Waals surface area (Å²) < 4.78 is 5.26. The fraction of sp³-hybridized carbons (Fsp3) is 0.533. The molecule has 2 N–H and O–H groups in total. The summed E-state index contributed by atoms with van der Waals surface area (Å²) in [6.07, 6.45) is 0.946. The molecule has 4 heteroatoms. The molecule has 0 aromatic heterocycles. The van der Waals surface area contributed by atoms with Crippen LogP contribution in [0.1, 0.15) is 25.8 Å². The average Bonchev–Trinajstić information content (AvgIpc) is 2.41. The van der Waals surface area contributed by atoms with Gasteiger partial charge in [-0.15, -0.1) is 0 Å². The third-order valence-electron chi connectivity index (χ3n) is 2.77. The van der Waals surface area contributed by atoms with Crippen LogP contribution >= 0.6 is 0 Å².